The summed E-state index contributed by atoms with van der Waals surface area (Å²) in [5.74, 6) is -1.76. The largest absolute Gasteiger partial charge is 0.481 e. The van der Waals surface area contributed by atoms with E-state index in [-0.39, 0.29) is 17.9 Å². The van der Waals surface area contributed by atoms with Gasteiger partial charge in [0.05, 0.1) is 12.1 Å². The molecular formula is C20H15FN2O3. The van der Waals surface area contributed by atoms with E-state index >= 15 is 0 Å². The van der Waals surface area contributed by atoms with Gasteiger partial charge in [0, 0.05) is 11.3 Å². The van der Waals surface area contributed by atoms with E-state index in [9.17, 15) is 14.0 Å². The number of anilines is 1. The molecule has 1 aromatic heterocycles. The normalized spacial score (nSPS) is 10.3. The first-order valence-electron chi connectivity index (χ1n) is 7.86. The highest BCUT2D eigenvalue weighted by molar-refractivity contribution is 6.03. The SMILES string of the molecule is O=C(O)Cc1cccc(NC(=O)c2cccc(-c3cccc(F)c3)n2)c1. The minimum atomic E-state index is -0.946. The lowest BCUT2D eigenvalue weighted by Gasteiger charge is -2.08. The standard InChI is InChI=1S/C20H15FN2O3/c21-15-6-2-5-14(12-15)17-8-3-9-18(23-17)20(26)22-16-7-1-4-13(10-16)11-19(24)25/h1-10,12H,11H2,(H,22,26)(H,24,25). The molecule has 130 valence electrons. The predicted molar refractivity (Wildman–Crippen MR) is 95.4 cm³/mol. The fourth-order valence-corrected chi connectivity index (χ4v) is 2.50. The lowest BCUT2D eigenvalue weighted by Crippen LogP contribution is -2.14. The molecule has 0 aliphatic rings. The van der Waals surface area contributed by atoms with E-state index in [0.29, 0.717) is 22.5 Å². The van der Waals surface area contributed by atoms with Crippen LogP contribution in [0.1, 0.15) is 16.1 Å². The van der Waals surface area contributed by atoms with Crippen molar-refractivity contribution >= 4 is 17.6 Å². The Morgan fingerprint density at radius 1 is 1.00 bits per heavy atom. The average molecular weight is 350 g/mol. The molecule has 2 N–H and O–H groups in total. The molecule has 0 bridgehead atoms. The molecule has 0 aliphatic carbocycles. The molecule has 0 radical (unpaired) electrons. The number of carbonyl (C=O) groups is 2. The Kier molecular flexibility index (Phi) is 5.03. The van der Waals surface area contributed by atoms with E-state index in [1.165, 1.54) is 12.1 Å². The van der Waals surface area contributed by atoms with Crippen molar-refractivity contribution in [3.8, 4) is 11.3 Å². The summed E-state index contributed by atoms with van der Waals surface area (Å²) in [5.41, 5.74) is 2.29. The Hall–Kier alpha value is -3.54. The fourth-order valence-electron chi connectivity index (χ4n) is 2.50. The number of hydrogen-bond donors (Lipinski definition) is 2. The highest BCUT2D eigenvalue weighted by Gasteiger charge is 2.10. The van der Waals surface area contributed by atoms with Gasteiger partial charge in [0.2, 0.25) is 0 Å². The van der Waals surface area contributed by atoms with Gasteiger partial charge < -0.3 is 10.4 Å². The van der Waals surface area contributed by atoms with Crippen LogP contribution in [0, 0.1) is 5.82 Å². The van der Waals surface area contributed by atoms with Gasteiger partial charge in [-0.05, 0) is 42.0 Å². The smallest absolute Gasteiger partial charge is 0.307 e. The molecule has 0 saturated heterocycles. The number of nitrogens with zero attached hydrogens (tertiary/aromatic N) is 1. The number of benzene rings is 2. The number of carboxylic acid groups (broad SMARTS) is 1. The van der Waals surface area contributed by atoms with Crippen LogP contribution in [0.5, 0.6) is 0 Å². The zero-order valence-corrected chi connectivity index (χ0v) is 13.6. The summed E-state index contributed by atoms with van der Waals surface area (Å²) >= 11 is 0. The lowest BCUT2D eigenvalue weighted by atomic mass is 10.1. The number of rotatable bonds is 5. The number of pyridine rings is 1. The van der Waals surface area contributed by atoms with Crippen LogP contribution in [-0.4, -0.2) is 22.0 Å². The zero-order valence-electron chi connectivity index (χ0n) is 13.6. The van der Waals surface area contributed by atoms with Crippen molar-refractivity contribution in [2.75, 3.05) is 5.32 Å². The maximum absolute atomic E-state index is 13.4. The first kappa shape index (κ1) is 17.3. The zero-order chi connectivity index (χ0) is 18.5. The lowest BCUT2D eigenvalue weighted by molar-refractivity contribution is -0.136. The van der Waals surface area contributed by atoms with Crippen molar-refractivity contribution < 1.29 is 19.1 Å². The molecule has 26 heavy (non-hydrogen) atoms. The molecule has 1 heterocycles. The second-order valence-electron chi connectivity index (χ2n) is 5.64. The average Bonchev–Trinajstić information content (AvgIpc) is 2.61. The number of amides is 1. The van der Waals surface area contributed by atoms with Crippen LogP contribution in [0.15, 0.2) is 66.7 Å². The van der Waals surface area contributed by atoms with E-state index in [4.69, 9.17) is 5.11 Å². The number of aliphatic carboxylic acids is 1. The molecule has 0 saturated carbocycles. The Bertz CT molecular complexity index is 973. The molecule has 0 spiro atoms. The Labute approximate surface area is 149 Å². The van der Waals surface area contributed by atoms with Crippen LogP contribution < -0.4 is 5.32 Å². The van der Waals surface area contributed by atoms with Gasteiger partial charge in [0.25, 0.3) is 5.91 Å². The Morgan fingerprint density at radius 3 is 2.54 bits per heavy atom. The van der Waals surface area contributed by atoms with Crippen molar-refractivity contribution in [2.24, 2.45) is 0 Å². The van der Waals surface area contributed by atoms with Crippen LogP contribution >= 0.6 is 0 Å². The van der Waals surface area contributed by atoms with Crippen LogP contribution in [0.4, 0.5) is 10.1 Å². The van der Waals surface area contributed by atoms with Crippen molar-refractivity contribution in [1.29, 1.82) is 0 Å². The minimum Gasteiger partial charge on any atom is -0.481 e. The van der Waals surface area contributed by atoms with Gasteiger partial charge in [-0.3, -0.25) is 9.59 Å². The van der Waals surface area contributed by atoms with E-state index in [1.807, 2.05) is 0 Å². The van der Waals surface area contributed by atoms with Gasteiger partial charge in [0.1, 0.15) is 11.5 Å². The van der Waals surface area contributed by atoms with Gasteiger partial charge >= 0.3 is 5.97 Å². The van der Waals surface area contributed by atoms with E-state index < -0.39 is 11.9 Å². The highest BCUT2D eigenvalue weighted by Crippen LogP contribution is 2.19. The van der Waals surface area contributed by atoms with E-state index in [2.05, 4.69) is 10.3 Å². The number of nitrogens with one attached hydrogen (secondary N) is 1. The monoisotopic (exact) mass is 350 g/mol. The first-order valence-corrected chi connectivity index (χ1v) is 7.86. The molecule has 0 atom stereocenters. The molecule has 0 fully saturated rings. The third-order valence-corrected chi connectivity index (χ3v) is 3.64. The molecule has 3 rings (SSSR count). The molecule has 1 amide bonds. The van der Waals surface area contributed by atoms with Crippen LogP contribution in [0.3, 0.4) is 0 Å². The fraction of sp³-hybridized carbons (Fsp3) is 0.0500. The van der Waals surface area contributed by atoms with E-state index in [1.54, 1.807) is 54.6 Å². The van der Waals surface area contributed by atoms with Crippen LogP contribution in [0.25, 0.3) is 11.3 Å². The molecule has 5 nitrogen and oxygen atoms in total. The Morgan fingerprint density at radius 2 is 1.77 bits per heavy atom. The highest BCUT2D eigenvalue weighted by atomic mass is 19.1. The second-order valence-corrected chi connectivity index (χ2v) is 5.64. The van der Waals surface area contributed by atoms with Crippen molar-refractivity contribution in [1.82, 2.24) is 4.98 Å². The van der Waals surface area contributed by atoms with Gasteiger partial charge in [-0.25, -0.2) is 9.37 Å². The summed E-state index contributed by atoms with van der Waals surface area (Å²) in [6.45, 7) is 0. The quantitative estimate of drug-likeness (QED) is 0.734. The van der Waals surface area contributed by atoms with E-state index in [0.717, 1.165) is 0 Å². The van der Waals surface area contributed by atoms with Crippen LogP contribution in [0.2, 0.25) is 0 Å². The first-order chi connectivity index (χ1) is 12.5. The predicted octanol–water partition coefficient (Wildman–Crippen LogP) is 3.77. The third-order valence-electron chi connectivity index (χ3n) is 3.64. The number of carboxylic acids is 1. The van der Waals surface area contributed by atoms with Gasteiger partial charge in [0.15, 0.2) is 0 Å². The van der Waals surface area contributed by atoms with Crippen molar-refractivity contribution in [3.63, 3.8) is 0 Å². The Balaban J connectivity index is 1.80. The molecule has 6 heteroatoms. The second kappa shape index (κ2) is 7.57. The molecule has 2 aromatic carbocycles. The molecule has 0 unspecified atom stereocenters. The molecule has 0 aliphatic heterocycles. The van der Waals surface area contributed by atoms with Crippen molar-refractivity contribution in [3.05, 3.63) is 83.8 Å². The van der Waals surface area contributed by atoms with Gasteiger partial charge in [-0.2, -0.15) is 0 Å². The summed E-state index contributed by atoms with van der Waals surface area (Å²) in [4.78, 5) is 27.5. The number of halogens is 1. The number of hydrogen-bond acceptors (Lipinski definition) is 3. The maximum atomic E-state index is 13.4. The van der Waals surface area contributed by atoms with Gasteiger partial charge in [-0.1, -0.05) is 30.3 Å². The summed E-state index contributed by atoms with van der Waals surface area (Å²) < 4.78 is 13.4. The summed E-state index contributed by atoms with van der Waals surface area (Å²) in [6, 6.07) is 17.5. The number of aromatic nitrogens is 1. The summed E-state index contributed by atoms with van der Waals surface area (Å²) in [6.07, 6.45) is -0.128. The third kappa shape index (κ3) is 4.30. The van der Waals surface area contributed by atoms with Gasteiger partial charge in [-0.15, -0.1) is 0 Å². The summed E-state index contributed by atoms with van der Waals surface area (Å²) in [7, 11) is 0. The summed E-state index contributed by atoms with van der Waals surface area (Å²) in [5, 5.41) is 11.5. The minimum absolute atomic E-state index is 0.128. The van der Waals surface area contributed by atoms with Crippen LogP contribution in [-0.2, 0) is 11.2 Å². The topological polar surface area (TPSA) is 79.3 Å². The van der Waals surface area contributed by atoms with Crippen molar-refractivity contribution in [2.45, 2.75) is 6.42 Å². The molecular weight excluding hydrogens is 335 g/mol. The maximum Gasteiger partial charge on any atom is 0.307 e. The number of carbonyl (C=O) groups excluding carboxylic acids is 1. The molecule has 3 aromatic rings.